The molecular formula is C25H33FN2O3. The van der Waals surface area contributed by atoms with E-state index in [0.29, 0.717) is 12.7 Å². The van der Waals surface area contributed by atoms with Crippen LogP contribution < -0.4 is 9.47 Å². The fraction of sp³-hybridized carbons (Fsp3) is 0.520. The van der Waals surface area contributed by atoms with Crippen molar-refractivity contribution < 1.29 is 18.6 Å². The molecule has 2 aliphatic rings. The Morgan fingerprint density at radius 3 is 2.81 bits per heavy atom. The van der Waals surface area contributed by atoms with Crippen LogP contribution >= 0.6 is 0 Å². The number of halogens is 1. The van der Waals surface area contributed by atoms with E-state index < -0.39 is 0 Å². The summed E-state index contributed by atoms with van der Waals surface area (Å²) in [4.78, 5) is 4.72. The van der Waals surface area contributed by atoms with Crippen molar-refractivity contribution in [1.29, 1.82) is 0 Å². The Hall–Kier alpha value is -2.15. The predicted molar refractivity (Wildman–Crippen MR) is 120 cm³/mol. The van der Waals surface area contributed by atoms with Crippen LogP contribution in [0, 0.1) is 5.82 Å². The minimum Gasteiger partial charge on any atom is -0.494 e. The number of methoxy groups -OCH3 is 1. The van der Waals surface area contributed by atoms with Crippen LogP contribution in [0.15, 0.2) is 36.4 Å². The molecule has 2 aliphatic heterocycles. The zero-order valence-corrected chi connectivity index (χ0v) is 18.8. The molecule has 2 atom stereocenters. The molecule has 4 rings (SSSR count). The number of morpholine rings is 1. The second-order valence-corrected chi connectivity index (χ2v) is 8.69. The maximum absolute atomic E-state index is 14.3. The maximum atomic E-state index is 14.3. The van der Waals surface area contributed by atoms with Crippen LogP contribution in [0.3, 0.4) is 0 Å². The van der Waals surface area contributed by atoms with Crippen LogP contribution in [-0.2, 0) is 11.3 Å². The Morgan fingerprint density at radius 2 is 2.03 bits per heavy atom. The second kappa shape index (κ2) is 9.98. The van der Waals surface area contributed by atoms with Crippen molar-refractivity contribution in [3.63, 3.8) is 0 Å². The van der Waals surface area contributed by atoms with Crippen molar-refractivity contribution in [2.45, 2.75) is 31.9 Å². The quantitative estimate of drug-likeness (QED) is 0.625. The monoisotopic (exact) mass is 428 g/mol. The van der Waals surface area contributed by atoms with Crippen molar-refractivity contribution in [2.75, 3.05) is 53.6 Å². The third kappa shape index (κ3) is 5.37. The lowest BCUT2D eigenvalue weighted by Crippen LogP contribution is -2.41. The molecule has 2 unspecified atom stereocenters. The molecule has 0 bridgehead atoms. The first-order chi connectivity index (χ1) is 15.0. The van der Waals surface area contributed by atoms with Gasteiger partial charge in [0.2, 0.25) is 0 Å². The zero-order chi connectivity index (χ0) is 21.8. The molecule has 0 aliphatic carbocycles. The first kappa shape index (κ1) is 22.1. The summed E-state index contributed by atoms with van der Waals surface area (Å²) < 4.78 is 31.0. The third-order valence-corrected chi connectivity index (χ3v) is 6.22. The molecule has 6 heteroatoms. The van der Waals surface area contributed by atoms with Gasteiger partial charge in [-0.2, -0.15) is 0 Å². The summed E-state index contributed by atoms with van der Waals surface area (Å²) in [6, 6.07) is 11.6. The van der Waals surface area contributed by atoms with Crippen LogP contribution in [0.1, 0.15) is 36.0 Å². The highest BCUT2D eigenvalue weighted by molar-refractivity contribution is 5.45. The van der Waals surface area contributed by atoms with Gasteiger partial charge in [-0.15, -0.1) is 0 Å². The summed E-state index contributed by atoms with van der Waals surface area (Å²) in [6.07, 6.45) is 1.32. The molecule has 0 aromatic heterocycles. The van der Waals surface area contributed by atoms with Gasteiger partial charge in [-0.3, -0.25) is 4.90 Å². The largest absolute Gasteiger partial charge is 0.494 e. The van der Waals surface area contributed by atoms with Crippen LogP contribution in [0.2, 0.25) is 0 Å². The number of benzene rings is 2. The first-order valence-electron chi connectivity index (χ1n) is 11.1. The Labute approximate surface area is 184 Å². The Kier molecular flexibility index (Phi) is 7.10. The molecule has 0 N–H and O–H groups in total. The number of nitrogens with zero attached hydrogens (tertiary/aromatic N) is 2. The minimum atomic E-state index is -0.315. The smallest absolute Gasteiger partial charge is 0.165 e. The molecule has 5 nitrogen and oxygen atoms in total. The predicted octanol–water partition coefficient (Wildman–Crippen LogP) is 3.90. The number of hydrogen-bond acceptors (Lipinski definition) is 5. The fourth-order valence-electron chi connectivity index (χ4n) is 4.67. The topological polar surface area (TPSA) is 34.2 Å². The van der Waals surface area contributed by atoms with Gasteiger partial charge in [0.05, 0.1) is 26.4 Å². The summed E-state index contributed by atoms with van der Waals surface area (Å²) in [5.41, 5.74) is 3.46. The molecule has 2 heterocycles. The Morgan fingerprint density at radius 1 is 1.16 bits per heavy atom. The molecule has 2 aromatic carbocycles. The highest BCUT2D eigenvalue weighted by atomic mass is 19.1. The number of likely N-dealkylation sites (N-methyl/N-ethyl adjacent to an activating group) is 1. The Balaban J connectivity index is 1.40. The number of rotatable bonds is 7. The fourth-order valence-corrected chi connectivity index (χ4v) is 4.67. The summed E-state index contributed by atoms with van der Waals surface area (Å²) in [5.74, 6) is 1.00. The van der Waals surface area contributed by atoms with E-state index in [1.165, 1.54) is 18.2 Å². The molecular weight excluding hydrogens is 395 g/mol. The van der Waals surface area contributed by atoms with E-state index in [2.05, 4.69) is 35.9 Å². The molecule has 1 saturated heterocycles. The third-order valence-electron chi connectivity index (χ3n) is 6.22. The average Bonchev–Trinajstić information content (AvgIpc) is 2.76. The molecule has 2 aromatic rings. The highest BCUT2D eigenvalue weighted by Gasteiger charge is 2.26. The van der Waals surface area contributed by atoms with Gasteiger partial charge in [-0.1, -0.05) is 12.1 Å². The highest BCUT2D eigenvalue weighted by Crippen LogP contribution is 2.36. The molecule has 0 amide bonds. The molecule has 0 saturated carbocycles. The summed E-state index contributed by atoms with van der Waals surface area (Å²) in [5, 5.41) is 0. The lowest BCUT2D eigenvalue weighted by Gasteiger charge is -2.33. The number of fused-ring (bicyclic) bond motifs is 1. The van der Waals surface area contributed by atoms with Gasteiger partial charge >= 0.3 is 0 Å². The van der Waals surface area contributed by atoms with Crippen LogP contribution in [-0.4, -0.2) is 69.5 Å². The van der Waals surface area contributed by atoms with Crippen LogP contribution in [0.5, 0.6) is 11.5 Å². The second-order valence-electron chi connectivity index (χ2n) is 8.69. The average molecular weight is 429 g/mol. The van der Waals surface area contributed by atoms with E-state index >= 15 is 0 Å². The Bertz CT molecular complexity index is 891. The summed E-state index contributed by atoms with van der Waals surface area (Å²) in [6.45, 7) is 8.41. The van der Waals surface area contributed by atoms with E-state index in [4.69, 9.17) is 14.2 Å². The van der Waals surface area contributed by atoms with Gasteiger partial charge in [-0.05, 0) is 61.3 Å². The molecule has 1 fully saturated rings. The van der Waals surface area contributed by atoms with Gasteiger partial charge in [0, 0.05) is 38.6 Å². The number of hydrogen-bond donors (Lipinski definition) is 0. The minimum absolute atomic E-state index is 0.131. The van der Waals surface area contributed by atoms with E-state index in [-0.39, 0.29) is 17.5 Å². The van der Waals surface area contributed by atoms with E-state index in [9.17, 15) is 4.39 Å². The zero-order valence-electron chi connectivity index (χ0n) is 18.8. The van der Waals surface area contributed by atoms with Crippen molar-refractivity contribution in [3.8, 4) is 11.5 Å². The van der Waals surface area contributed by atoms with Crippen molar-refractivity contribution in [3.05, 3.63) is 58.9 Å². The van der Waals surface area contributed by atoms with Crippen molar-refractivity contribution in [1.82, 2.24) is 9.80 Å². The molecule has 31 heavy (non-hydrogen) atoms. The first-order valence-corrected chi connectivity index (χ1v) is 11.1. The number of ether oxygens (including phenoxy) is 3. The van der Waals surface area contributed by atoms with Crippen LogP contribution in [0.25, 0.3) is 0 Å². The molecule has 0 spiro atoms. The lowest BCUT2D eigenvalue weighted by atomic mass is 9.84. The lowest BCUT2D eigenvalue weighted by molar-refractivity contribution is -0.0193. The van der Waals surface area contributed by atoms with Crippen molar-refractivity contribution in [2.24, 2.45) is 0 Å². The van der Waals surface area contributed by atoms with Gasteiger partial charge in [0.15, 0.2) is 11.6 Å². The van der Waals surface area contributed by atoms with Gasteiger partial charge in [-0.25, -0.2) is 4.39 Å². The SMILES string of the molecule is COc1ccc(C2CN(C)Cc3cc(OCCCN4CCOC(C)C4)ccc32)cc1F. The van der Waals surface area contributed by atoms with Gasteiger partial charge in [0.1, 0.15) is 5.75 Å². The summed E-state index contributed by atoms with van der Waals surface area (Å²) in [7, 11) is 3.59. The normalized spacial score (nSPS) is 22.2. The molecule has 0 radical (unpaired) electrons. The van der Waals surface area contributed by atoms with Crippen molar-refractivity contribution >= 4 is 0 Å². The van der Waals surface area contributed by atoms with E-state index in [0.717, 1.165) is 57.1 Å². The van der Waals surface area contributed by atoms with Crippen LogP contribution in [0.4, 0.5) is 4.39 Å². The summed E-state index contributed by atoms with van der Waals surface area (Å²) >= 11 is 0. The standard InChI is InChI=1S/C25H33FN2O3/c1-18-15-28(10-12-30-18)9-4-11-31-21-6-7-22-20(13-21)16-27(2)17-23(22)19-5-8-25(29-3)24(26)14-19/h5-8,13-14,18,23H,4,9-12,15-17H2,1-3H3. The van der Waals surface area contributed by atoms with E-state index in [1.807, 2.05) is 12.1 Å². The van der Waals surface area contributed by atoms with Gasteiger partial charge < -0.3 is 19.1 Å². The van der Waals surface area contributed by atoms with E-state index in [1.54, 1.807) is 12.1 Å². The maximum Gasteiger partial charge on any atom is 0.165 e. The van der Waals surface area contributed by atoms with Gasteiger partial charge in [0.25, 0.3) is 0 Å². The molecule has 168 valence electrons.